The fraction of sp³-hybridized carbons (Fsp3) is 0.125. The molecule has 5 nitrogen and oxygen atoms in total. The van der Waals surface area contributed by atoms with Crippen LogP contribution in [0.5, 0.6) is 0 Å². The van der Waals surface area contributed by atoms with Gasteiger partial charge in [-0.2, -0.15) is 0 Å². The van der Waals surface area contributed by atoms with Crippen LogP contribution in [0.1, 0.15) is 0 Å². The van der Waals surface area contributed by atoms with Crippen molar-refractivity contribution in [1.29, 1.82) is 0 Å². The van der Waals surface area contributed by atoms with E-state index >= 15 is 0 Å². The second-order valence-electron chi connectivity index (χ2n) is 2.62. The van der Waals surface area contributed by atoms with E-state index in [1.807, 2.05) is 0 Å². The third kappa shape index (κ3) is 1.85. The van der Waals surface area contributed by atoms with Crippen molar-refractivity contribution in [1.82, 2.24) is 4.31 Å². The maximum atomic E-state index is 11.6. The summed E-state index contributed by atoms with van der Waals surface area (Å²) in [5, 5.41) is 0. The van der Waals surface area contributed by atoms with Crippen molar-refractivity contribution in [3.63, 3.8) is 0 Å². The molecule has 76 valence electrons. The molecule has 1 rings (SSSR count). The molecular formula is C8H10N2O3S. The van der Waals surface area contributed by atoms with Gasteiger partial charge in [0, 0.05) is 7.05 Å². The predicted octanol–water partition coefficient (Wildman–Crippen LogP) is 0.386. The van der Waals surface area contributed by atoms with Crippen LogP contribution in [0.2, 0.25) is 0 Å². The number of carbonyl (C=O) groups is 1. The summed E-state index contributed by atoms with van der Waals surface area (Å²) in [4.78, 5) is 10.7. The highest BCUT2D eigenvalue weighted by Crippen LogP contribution is 2.12. The van der Waals surface area contributed by atoms with Crippen molar-refractivity contribution in [3.05, 3.63) is 30.3 Å². The van der Waals surface area contributed by atoms with Gasteiger partial charge in [0.2, 0.25) is 0 Å². The van der Waals surface area contributed by atoms with Crippen LogP contribution in [0.4, 0.5) is 4.79 Å². The van der Waals surface area contributed by atoms with Crippen molar-refractivity contribution in [2.75, 3.05) is 7.05 Å². The lowest BCUT2D eigenvalue weighted by molar-refractivity contribution is 0.237. The van der Waals surface area contributed by atoms with Gasteiger partial charge in [-0.3, -0.25) is 0 Å². The topological polar surface area (TPSA) is 80.5 Å². The SMILES string of the molecule is CN(C(N)=O)S(=O)(=O)c1ccccc1. The molecule has 14 heavy (non-hydrogen) atoms. The number of primary amides is 1. The van der Waals surface area contributed by atoms with Crippen LogP contribution in [0.15, 0.2) is 35.2 Å². The number of amides is 2. The molecule has 0 aliphatic heterocycles. The minimum Gasteiger partial charge on any atom is -0.351 e. The minimum atomic E-state index is -3.78. The van der Waals surface area contributed by atoms with E-state index in [-0.39, 0.29) is 4.90 Å². The smallest absolute Gasteiger partial charge is 0.328 e. The molecule has 0 saturated carbocycles. The standard InChI is InChI=1S/C8H10N2O3S/c1-10(8(9)11)14(12,13)7-5-3-2-4-6-7/h2-6H,1H3,(H2,9,11). The lowest BCUT2D eigenvalue weighted by Gasteiger charge is -2.14. The predicted molar refractivity (Wildman–Crippen MR) is 51.0 cm³/mol. The molecule has 0 bridgehead atoms. The summed E-state index contributed by atoms with van der Waals surface area (Å²) in [6, 6.07) is 6.62. The largest absolute Gasteiger partial charge is 0.351 e. The van der Waals surface area contributed by atoms with Crippen molar-refractivity contribution in [2.24, 2.45) is 5.73 Å². The van der Waals surface area contributed by atoms with Crippen molar-refractivity contribution < 1.29 is 13.2 Å². The Labute approximate surface area is 82.2 Å². The Morgan fingerprint density at radius 1 is 1.29 bits per heavy atom. The van der Waals surface area contributed by atoms with Crippen LogP contribution in [-0.4, -0.2) is 25.8 Å². The first-order valence-corrected chi connectivity index (χ1v) is 5.23. The van der Waals surface area contributed by atoms with Gasteiger partial charge in [-0.15, -0.1) is 0 Å². The molecule has 0 aliphatic carbocycles. The first-order chi connectivity index (χ1) is 6.46. The third-order valence-electron chi connectivity index (χ3n) is 1.71. The number of sulfonamides is 1. The molecule has 0 heterocycles. The van der Waals surface area contributed by atoms with Crippen LogP contribution < -0.4 is 5.73 Å². The average Bonchev–Trinajstić information content (AvgIpc) is 2.18. The number of nitrogens with zero attached hydrogens (tertiary/aromatic N) is 1. The van der Waals surface area contributed by atoms with Crippen LogP contribution in [-0.2, 0) is 10.0 Å². The fourth-order valence-electron chi connectivity index (χ4n) is 0.869. The zero-order valence-electron chi connectivity index (χ0n) is 7.54. The third-order valence-corrected chi connectivity index (χ3v) is 3.48. The minimum absolute atomic E-state index is 0.0429. The maximum absolute atomic E-state index is 11.6. The lowest BCUT2D eigenvalue weighted by Crippen LogP contribution is -2.37. The molecule has 0 spiro atoms. The highest BCUT2D eigenvalue weighted by Gasteiger charge is 2.22. The number of hydrogen-bond acceptors (Lipinski definition) is 3. The molecule has 0 aliphatic rings. The molecule has 0 unspecified atom stereocenters. The summed E-state index contributed by atoms with van der Waals surface area (Å²) in [5.41, 5.74) is 4.87. The number of urea groups is 1. The van der Waals surface area contributed by atoms with Crippen molar-refractivity contribution >= 4 is 16.1 Å². The van der Waals surface area contributed by atoms with Crippen LogP contribution >= 0.6 is 0 Å². The van der Waals surface area contributed by atoms with Gasteiger partial charge in [-0.25, -0.2) is 17.5 Å². The average molecular weight is 214 g/mol. The molecule has 0 fully saturated rings. The van der Waals surface area contributed by atoms with Gasteiger partial charge in [0.25, 0.3) is 10.0 Å². The van der Waals surface area contributed by atoms with E-state index in [2.05, 4.69) is 0 Å². The number of nitrogens with two attached hydrogens (primary N) is 1. The van der Waals surface area contributed by atoms with E-state index in [4.69, 9.17) is 5.73 Å². The molecule has 1 aromatic carbocycles. The van der Waals surface area contributed by atoms with Gasteiger partial charge >= 0.3 is 6.03 Å². The highest BCUT2D eigenvalue weighted by atomic mass is 32.2. The second-order valence-corrected chi connectivity index (χ2v) is 4.59. The number of benzene rings is 1. The van der Waals surface area contributed by atoms with E-state index in [1.54, 1.807) is 18.2 Å². The highest BCUT2D eigenvalue weighted by molar-refractivity contribution is 7.89. The van der Waals surface area contributed by atoms with Crippen LogP contribution in [0.3, 0.4) is 0 Å². The molecule has 0 aromatic heterocycles. The van der Waals surface area contributed by atoms with Gasteiger partial charge in [0.05, 0.1) is 4.90 Å². The Bertz CT molecular complexity index is 427. The van der Waals surface area contributed by atoms with Crippen molar-refractivity contribution in [2.45, 2.75) is 4.90 Å². The van der Waals surface area contributed by atoms with E-state index in [0.717, 1.165) is 7.05 Å². The molecule has 6 heteroatoms. The van der Waals surface area contributed by atoms with Gasteiger partial charge in [0.15, 0.2) is 0 Å². The zero-order chi connectivity index (χ0) is 10.8. The monoisotopic (exact) mass is 214 g/mol. The zero-order valence-corrected chi connectivity index (χ0v) is 8.36. The summed E-state index contributed by atoms with van der Waals surface area (Å²) >= 11 is 0. The molecule has 2 N–H and O–H groups in total. The number of rotatable bonds is 2. The fourth-order valence-corrected chi connectivity index (χ4v) is 1.92. The van der Waals surface area contributed by atoms with E-state index < -0.39 is 16.1 Å². The summed E-state index contributed by atoms with van der Waals surface area (Å²) in [7, 11) is -2.66. The normalized spacial score (nSPS) is 10.9. The van der Waals surface area contributed by atoms with Crippen LogP contribution in [0.25, 0.3) is 0 Å². The Morgan fingerprint density at radius 2 is 1.79 bits per heavy atom. The van der Waals surface area contributed by atoms with Gasteiger partial charge in [-0.05, 0) is 12.1 Å². The summed E-state index contributed by atoms with van der Waals surface area (Å²) in [6.45, 7) is 0. The van der Waals surface area contributed by atoms with Crippen molar-refractivity contribution in [3.8, 4) is 0 Å². The summed E-state index contributed by atoms with van der Waals surface area (Å²) in [5.74, 6) is 0. The second kappa shape index (κ2) is 3.67. The van der Waals surface area contributed by atoms with Crippen LogP contribution in [0, 0.1) is 0 Å². The maximum Gasteiger partial charge on any atom is 0.328 e. The molecule has 0 radical (unpaired) electrons. The summed E-state index contributed by atoms with van der Waals surface area (Å²) in [6.07, 6.45) is 0. The Hall–Kier alpha value is -1.56. The molecular weight excluding hydrogens is 204 g/mol. The summed E-state index contributed by atoms with van der Waals surface area (Å²) < 4.78 is 23.7. The Morgan fingerprint density at radius 3 is 2.21 bits per heavy atom. The first-order valence-electron chi connectivity index (χ1n) is 3.79. The van der Waals surface area contributed by atoms with Gasteiger partial charge in [-0.1, -0.05) is 18.2 Å². The Kier molecular flexibility index (Phi) is 2.76. The molecule has 0 saturated heterocycles. The van der Waals surface area contributed by atoms with Gasteiger partial charge in [0.1, 0.15) is 0 Å². The quantitative estimate of drug-likeness (QED) is 0.773. The van der Waals surface area contributed by atoms with E-state index in [0.29, 0.717) is 4.31 Å². The Balaban J connectivity index is 3.16. The van der Waals surface area contributed by atoms with E-state index in [1.165, 1.54) is 12.1 Å². The first kappa shape index (κ1) is 10.5. The molecule has 0 atom stereocenters. The molecule has 2 amide bonds. The van der Waals surface area contributed by atoms with E-state index in [9.17, 15) is 13.2 Å². The molecule has 1 aromatic rings. The van der Waals surface area contributed by atoms with Gasteiger partial charge < -0.3 is 5.73 Å². The lowest BCUT2D eigenvalue weighted by atomic mass is 10.4. The number of carbonyl (C=O) groups excluding carboxylic acids is 1. The number of hydrogen-bond donors (Lipinski definition) is 1.